The van der Waals surface area contributed by atoms with Gasteiger partial charge in [0.1, 0.15) is 11.6 Å². The van der Waals surface area contributed by atoms with Gasteiger partial charge < -0.3 is 5.11 Å². The summed E-state index contributed by atoms with van der Waals surface area (Å²) >= 11 is 0. The van der Waals surface area contributed by atoms with E-state index in [0.29, 0.717) is 28.2 Å². The number of phenols is 1. The Hall–Kier alpha value is -8.60. The van der Waals surface area contributed by atoms with Gasteiger partial charge in [-0.05, 0) is 150 Å². The van der Waals surface area contributed by atoms with Gasteiger partial charge in [-0.2, -0.15) is 0 Å². The summed E-state index contributed by atoms with van der Waals surface area (Å²) in [7, 11) is 0. The molecule has 0 aliphatic heterocycles. The average molecular weight is 1010 g/mol. The summed E-state index contributed by atoms with van der Waals surface area (Å²) < 4.78 is 29.7. The minimum Gasteiger partial charge on any atom is -0.507 e. The van der Waals surface area contributed by atoms with Crippen molar-refractivity contribution >= 4 is 11.0 Å². The molecule has 0 saturated carbocycles. The van der Waals surface area contributed by atoms with Crippen LogP contribution in [0.15, 0.2) is 219 Å². The third kappa shape index (κ3) is 10.0. The molecule has 0 unspecified atom stereocenters. The van der Waals surface area contributed by atoms with Crippen LogP contribution in [-0.4, -0.2) is 19.6 Å². The molecule has 11 aromatic rings. The van der Waals surface area contributed by atoms with Gasteiger partial charge in [-0.25, -0.2) is 4.98 Å². The Bertz CT molecular complexity index is 4070. The van der Waals surface area contributed by atoms with Crippen molar-refractivity contribution in [2.24, 2.45) is 0 Å². The molecule has 2 heterocycles. The SMILES string of the molecule is [2H]C([2H])([2H])c1cc(-n2c(-c3cc(C(C)(C)C)cc(C(C)(C)C)c3O)nc3c(-c4cc(-c5ccccc5)cc(-c5cc(-c6ccc(-c7ccccc7)cc6)ccn5)c4)cccc32)c(-c2ccccc2)cc1-c1ccc(C(C)(C)C)cc1. The molecular formula is C73H67N3O. The Kier molecular flexibility index (Phi) is 12.1. The van der Waals surface area contributed by atoms with Gasteiger partial charge in [-0.15, -0.1) is 0 Å². The zero-order chi connectivity index (χ0) is 56.3. The lowest BCUT2D eigenvalue weighted by molar-refractivity contribution is 0.446. The number of hydrogen-bond donors (Lipinski definition) is 1. The molecule has 380 valence electrons. The molecule has 0 aliphatic carbocycles. The van der Waals surface area contributed by atoms with E-state index < -0.39 is 12.3 Å². The van der Waals surface area contributed by atoms with E-state index in [2.05, 4.69) is 225 Å². The van der Waals surface area contributed by atoms with E-state index in [0.717, 1.165) is 89.1 Å². The summed E-state index contributed by atoms with van der Waals surface area (Å²) in [6.45, 7) is 16.9. The van der Waals surface area contributed by atoms with Gasteiger partial charge >= 0.3 is 0 Å². The van der Waals surface area contributed by atoms with Crippen LogP contribution in [0.2, 0.25) is 0 Å². The van der Waals surface area contributed by atoms with Crippen LogP contribution < -0.4 is 0 Å². The quantitative estimate of drug-likeness (QED) is 0.157. The molecule has 0 amide bonds. The highest BCUT2D eigenvalue weighted by Crippen LogP contribution is 2.47. The van der Waals surface area contributed by atoms with E-state index in [1.54, 1.807) is 0 Å². The second-order valence-corrected chi connectivity index (χ2v) is 23.5. The highest BCUT2D eigenvalue weighted by molar-refractivity contribution is 5.99. The summed E-state index contributed by atoms with van der Waals surface area (Å²) in [5, 5.41) is 12.8. The van der Waals surface area contributed by atoms with Crippen molar-refractivity contribution in [1.29, 1.82) is 0 Å². The van der Waals surface area contributed by atoms with Crippen LogP contribution in [0.3, 0.4) is 0 Å². The zero-order valence-corrected chi connectivity index (χ0v) is 45.6. The molecule has 9 aromatic carbocycles. The van der Waals surface area contributed by atoms with Crippen molar-refractivity contribution in [2.75, 3.05) is 0 Å². The van der Waals surface area contributed by atoms with Crippen LogP contribution >= 0.6 is 0 Å². The number of imidazole rings is 1. The van der Waals surface area contributed by atoms with Crippen molar-refractivity contribution in [3.8, 4) is 101 Å². The van der Waals surface area contributed by atoms with Crippen LogP contribution in [0.5, 0.6) is 5.75 Å². The molecule has 77 heavy (non-hydrogen) atoms. The predicted molar refractivity (Wildman–Crippen MR) is 325 cm³/mol. The molecule has 4 heteroatoms. The molecule has 0 spiro atoms. The van der Waals surface area contributed by atoms with E-state index >= 15 is 0 Å². The van der Waals surface area contributed by atoms with E-state index in [1.165, 1.54) is 5.56 Å². The normalized spacial score (nSPS) is 12.8. The Morgan fingerprint density at radius 1 is 0.403 bits per heavy atom. The van der Waals surface area contributed by atoms with Gasteiger partial charge in [-0.1, -0.05) is 220 Å². The van der Waals surface area contributed by atoms with Crippen molar-refractivity contribution in [3.05, 3.63) is 241 Å². The van der Waals surface area contributed by atoms with Gasteiger partial charge in [0, 0.05) is 32.6 Å². The average Bonchev–Trinajstić information content (AvgIpc) is 4.06. The maximum absolute atomic E-state index is 12.8. The molecular weight excluding hydrogens is 935 g/mol. The third-order valence-electron chi connectivity index (χ3n) is 15.0. The van der Waals surface area contributed by atoms with Crippen molar-refractivity contribution < 1.29 is 9.22 Å². The van der Waals surface area contributed by atoms with E-state index in [-0.39, 0.29) is 22.1 Å². The van der Waals surface area contributed by atoms with Crippen LogP contribution in [0.25, 0.3) is 106 Å². The molecule has 4 nitrogen and oxygen atoms in total. The number of aromatic hydroxyl groups is 1. The van der Waals surface area contributed by atoms with Crippen molar-refractivity contribution in [3.63, 3.8) is 0 Å². The van der Waals surface area contributed by atoms with Crippen LogP contribution in [0, 0.1) is 6.85 Å². The number of nitrogens with zero attached hydrogens (tertiary/aromatic N) is 3. The molecule has 11 rings (SSSR count). The van der Waals surface area contributed by atoms with E-state index in [9.17, 15) is 9.22 Å². The Balaban J connectivity index is 1.19. The Morgan fingerprint density at radius 3 is 1.56 bits per heavy atom. The molecule has 0 aliphatic rings. The molecule has 0 bridgehead atoms. The molecule has 1 N–H and O–H groups in total. The molecule has 0 radical (unpaired) electrons. The fourth-order valence-corrected chi connectivity index (χ4v) is 10.6. The largest absolute Gasteiger partial charge is 0.507 e. The number of para-hydroxylation sites is 1. The number of pyridine rings is 1. The highest BCUT2D eigenvalue weighted by atomic mass is 16.3. The number of phenolic OH excluding ortho intramolecular Hbond substituents is 1. The number of hydrogen-bond acceptors (Lipinski definition) is 3. The lowest BCUT2D eigenvalue weighted by Gasteiger charge is -2.28. The third-order valence-corrected chi connectivity index (χ3v) is 15.0. The van der Waals surface area contributed by atoms with Crippen LogP contribution in [0.1, 0.15) is 88.7 Å². The standard InChI is InChI=1S/C73H67N3O/c1-47-39-67(62(52-25-18-13-19-26-52)46-61(47)53-33-35-58(36-34-53)71(2,3)4)76-66-28-20-27-60(68(66)75-70(76)63-44-59(72(5,6)7)45-64(69(63)77)73(8,9)10)56-40-55(49-23-16-12-17-24-49)41-57(42-56)65-43-54(37-38-74-65)51-31-29-50(30-32-51)48-21-14-11-15-22-48/h11-46,77H,1-10H3/i1D3. The Morgan fingerprint density at radius 2 is 0.948 bits per heavy atom. The van der Waals surface area contributed by atoms with Crippen LogP contribution in [0.4, 0.5) is 0 Å². The molecule has 0 saturated heterocycles. The van der Waals surface area contributed by atoms with Crippen molar-refractivity contribution in [1.82, 2.24) is 14.5 Å². The van der Waals surface area contributed by atoms with Gasteiger partial charge in [0.25, 0.3) is 0 Å². The van der Waals surface area contributed by atoms with Gasteiger partial charge in [0.2, 0.25) is 0 Å². The molecule has 0 fully saturated rings. The second-order valence-electron chi connectivity index (χ2n) is 23.5. The second kappa shape index (κ2) is 19.8. The summed E-state index contributed by atoms with van der Waals surface area (Å²) in [4.78, 5) is 10.7. The van der Waals surface area contributed by atoms with E-state index in [1.807, 2.05) is 60.8 Å². The monoisotopic (exact) mass is 1000 g/mol. The van der Waals surface area contributed by atoms with Crippen molar-refractivity contribution in [2.45, 2.75) is 85.4 Å². The fraction of sp³-hybridized carbons (Fsp3) is 0.178. The smallest absolute Gasteiger partial charge is 0.149 e. The molecule has 2 aromatic heterocycles. The topological polar surface area (TPSA) is 50.9 Å². The highest BCUT2D eigenvalue weighted by Gasteiger charge is 2.30. The number of benzene rings is 9. The zero-order valence-electron chi connectivity index (χ0n) is 48.6. The fourth-order valence-electron chi connectivity index (χ4n) is 10.6. The first-order valence-corrected chi connectivity index (χ1v) is 26.7. The van der Waals surface area contributed by atoms with Gasteiger partial charge in [-0.3, -0.25) is 9.55 Å². The Labute approximate surface area is 459 Å². The summed E-state index contributed by atoms with van der Waals surface area (Å²) in [5.74, 6) is 0.620. The summed E-state index contributed by atoms with van der Waals surface area (Å²) in [5.41, 5.74) is 18.2. The van der Waals surface area contributed by atoms with E-state index in [4.69, 9.17) is 9.97 Å². The lowest BCUT2D eigenvalue weighted by Crippen LogP contribution is -2.17. The maximum Gasteiger partial charge on any atom is 0.149 e. The first-order chi connectivity index (χ1) is 38.1. The first kappa shape index (κ1) is 46.9. The summed E-state index contributed by atoms with van der Waals surface area (Å²) in [6, 6.07) is 73.1. The predicted octanol–water partition coefficient (Wildman–Crippen LogP) is 19.7. The minimum atomic E-state index is -2.51. The van der Waals surface area contributed by atoms with Gasteiger partial charge in [0.05, 0.1) is 28.0 Å². The number of aromatic nitrogens is 3. The number of rotatable bonds is 9. The minimum absolute atomic E-state index is 0.0894. The molecule has 0 atom stereocenters. The van der Waals surface area contributed by atoms with Gasteiger partial charge in [0.15, 0.2) is 0 Å². The maximum atomic E-state index is 12.8. The summed E-state index contributed by atoms with van der Waals surface area (Å²) in [6.07, 6.45) is 1.88. The lowest BCUT2D eigenvalue weighted by atomic mass is 9.79. The van der Waals surface area contributed by atoms with Crippen LogP contribution in [-0.2, 0) is 16.2 Å². The number of fused-ring (bicyclic) bond motifs is 1. The number of aryl methyl sites for hydroxylation is 1. The first-order valence-electron chi connectivity index (χ1n) is 28.2.